The molecule has 2 aromatic rings. The predicted molar refractivity (Wildman–Crippen MR) is 57.0 cm³/mol. The van der Waals surface area contributed by atoms with Crippen LogP contribution >= 0.6 is 0 Å². The van der Waals surface area contributed by atoms with Gasteiger partial charge in [0.25, 0.3) is 11.4 Å². The summed E-state index contributed by atoms with van der Waals surface area (Å²) in [6.07, 6.45) is 0. The molecule has 0 aliphatic carbocycles. The number of hydrogen-bond donors (Lipinski definition) is 2. The summed E-state index contributed by atoms with van der Waals surface area (Å²) < 4.78 is 9.86. The molecule has 0 saturated heterocycles. The minimum absolute atomic E-state index is 0.197. The van der Waals surface area contributed by atoms with Crippen molar-refractivity contribution in [3.8, 4) is 11.6 Å². The lowest BCUT2D eigenvalue weighted by molar-refractivity contribution is 0.177. The first-order chi connectivity index (χ1) is 8.20. The highest BCUT2D eigenvalue weighted by Gasteiger charge is 2.15. The van der Waals surface area contributed by atoms with Gasteiger partial charge in [0.05, 0.1) is 12.6 Å². The monoisotopic (exact) mass is 237 g/mol. The Bertz CT molecular complexity index is 529. The molecule has 17 heavy (non-hydrogen) atoms. The number of aromatic amines is 1. The highest BCUT2D eigenvalue weighted by atomic mass is 16.5. The lowest BCUT2D eigenvalue weighted by Gasteiger charge is -2.02. The second-order valence-corrected chi connectivity index (χ2v) is 3.33. The lowest BCUT2D eigenvalue weighted by atomic mass is 10.3. The Morgan fingerprint density at radius 3 is 3.06 bits per heavy atom. The number of hydrogen-bond acceptors (Lipinski definition) is 7. The first-order valence-corrected chi connectivity index (χ1v) is 4.85. The molecule has 1 unspecified atom stereocenters. The maximum absolute atomic E-state index is 10.8. The van der Waals surface area contributed by atoms with E-state index >= 15 is 0 Å². The molecule has 2 aromatic heterocycles. The van der Waals surface area contributed by atoms with Gasteiger partial charge in [0.15, 0.2) is 5.82 Å². The fraction of sp³-hybridized carbons (Fsp3) is 0.333. The number of nitrogens with zero attached hydrogens (tertiary/aromatic N) is 3. The van der Waals surface area contributed by atoms with Gasteiger partial charge in [-0.15, -0.1) is 0 Å². The number of nitrogens with two attached hydrogens (primary N) is 1. The first kappa shape index (κ1) is 11.4. The third kappa shape index (κ3) is 2.55. The van der Waals surface area contributed by atoms with Crippen LogP contribution < -0.4 is 11.3 Å². The van der Waals surface area contributed by atoms with Gasteiger partial charge in [0.2, 0.25) is 0 Å². The van der Waals surface area contributed by atoms with Crippen LogP contribution in [0.15, 0.2) is 21.5 Å². The quantitative estimate of drug-likeness (QED) is 0.732. The van der Waals surface area contributed by atoms with Gasteiger partial charge < -0.3 is 15.0 Å². The average Bonchev–Trinajstić information content (AvgIpc) is 2.80. The van der Waals surface area contributed by atoms with Crippen LogP contribution in [0.3, 0.4) is 0 Å². The zero-order chi connectivity index (χ0) is 12.3. The molecule has 8 heteroatoms. The van der Waals surface area contributed by atoms with Gasteiger partial charge in [-0.25, -0.2) is 5.10 Å². The predicted octanol–water partition coefficient (Wildman–Crippen LogP) is -0.534. The molecular weight excluding hydrogens is 226 g/mol. The van der Waals surface area contributed by atoms with E-state index in [4.69, 9.17) is 15.0 Å². The number of nitrogens with one attached hydrogen (secondary N) is 1. The molecule has 2 heterocycles. The Balaban J connectivity index is 2.23. The van der Waals surface area contributed by atoms with Crippen molar-refractivity contribution in [2.24, 2.45) is 5.73 Å². The van der Waals surface area contributed by atoms with Gasteiger partial charge in [-0.3, -0.25) is 4.79 Å². The van der Waals surface area contributed by atoms with Gasteiger partial charge in [-0.05, 0) is 6.07 Å². The molecule has 2 rings (SSSR count). The van der Waals surface area contributed by atoms with Crippen molar-refractivity contribution in [2.45, 2.75) is 6.04 Å². The highest BCUT2D eigenvalue weighted by Crippen LogP contribution is 2.14. The van der Waals surface area contributed by atoms with Crippen molar-refractivity contribution < 1.29 is 9.26 Å². The van der Waals surface area contributed by atoms with Gasteiger partial charge in [-0.1, -0.05) is 5.16 Å². The molecule has 0 aromatic carbocycles. The van der Waals surface area contributed by atoms with E-state index in [0.29, 0.717) is 11.5 Å². The maximum Gasteiger partial charge on any atom is 0.278 e. The van der Waals surface area contributed by atoms with E-state index in [0.717, 1.165) is 0 Å². The summed E-state index contributed by atoms with van der Waals surface area (Å²) in [6.45, 7) is 0.290. The molecule has 90 valence electrons. The molecule has 3 N–H and O–H groups in total. The molecule has 0 spiro atoms. The molecule has 0 amide bonds. The molecular formula is C9H11N5O3. The summed E-state index contributed by atoms with van der Waals surface area (Å²) in [7, 11) is 1.53. The van der Waals surface area contributed by atoms with E-state index in [9.17, 15) is 4.79 Å². The second-order valence-electron chi connectivity index (χ2n) is 3.33. The third-order valence-corrected chi connectivity index (χ3v) is 2.02. The molecule has 0 saturated carbocycles. The van der Waals surface area contributed by atoms with E-state index in [1.165, 1.54) is 19.2 Å². The minimum atomic E-state index is -0.458. The van der Waals surface area contributed by atoms with E-state index in [2.05, 4.69) is 20.3 Å². The maximum atomic E-state index is 10.8. The van der Waals surface area contributed by atoms with Crippen molar-refractivity contribution in [1.29, 1.82) is 0 Å². The Hall–Kier alpha value is -2.06. The largest absolute Gasteiger partial charge is 0.383 e. The smallest absolute Gasteiger partial charge is 0.278 e. The van der Waals surface area contributed by atoms with Gasteiger partial charge in [0, 0.05) is 13.2 Å². The summed E-state index contributed by atoms with van der Waals surface area (Å²) >= 11 is 0. The van der Waals surface area contributed by atoms with Crippen LogP contribution in [0.2, 0.25) is 0 Å². The normalized spacial score (nSPS) is 12.6. The standard InChI is InChI=1S/C9H11N5O3/c1-16-4-5(10)8-11-9(17-14-8)6-2-3-7(15)13-12-6/h2-3,5H,4,10H2,1H3,(H,13,15). The number of rotatable bonds is 4. The van der Waals surface area contributed by atoms with Crippen molar-refractivity contribution >= 4 is 0 Å². The molecule has 1 atom stereocenters. The average molecular weight is 237 g/mol. The lowest BCUT2D eigenvalue weighted by Crippen LogP contribution is -2.17. The fourth-order valence-electron chi connectivity index (χ4n) is 1.21. The Morgan fingerprint density at radius 2 is 2.41 bits per heavy atom. The Kier molecular flexibility index (Phi) is 3.26. The van der Waals surface area contributed by atoms with Crippen molar-refractivity contribution in [2.75, 3.05) is 13.7 Å². The topological polar surface area (TPSA) is 120 Å². The second kappa shape index (κ2) is 4.85. The van der Waals surface area contributed by atoms with Crippen LogP contribution in [0.25, 0.3) is 11.6 Å². The zero-order valence-electron chi connectivity index (χ0n) is 9.08. The molecule has 0 aliphatic heterocycles. The van der Waals surface area contributed by atoms with Crippen molar-refractivity contribution in [3.05, 3.63) is 28.3 Å². The van der Waals surface area contributed by atoms with E-state index < -0.39 is 6.04 Å². The summed E-state index contributed by atoms with van der Waals surface area (Å²) in [5, 5.41) is 9.74. The van der Waals surface area contributed by atoms with E-state index in [1.807, 2.05) is 0 Å². The summed E-state index contributed by atoms with van der Waals surface area (Å²) in [5.41, 5.74) is 5.81. The van der Waals surface area contributed by atoms with Crippen LogP contribution in [0, 0.1) is 0 Å². The third-order valence-electron chi connectivity index (χ3n) is 2.02. The van der Waals surface area contributed by atoms with Gasteiger partial charge in [0.1, 0.15) is 5.69 Å². The van der Waals surface area contributed by atoms with Crippen LogP contribution in [-0.2, 0) is 4.74 Å². The number of aromatic nitrogens is 4. The Labute approximate surface area is 95.8 Å². The number of methoxy groups -OCH3 is 1. The van der Waals surface area contributed by atoms with Crippen molar-refractivity contribution in [3.63, 3.8) is 0 Å². The molecule has 0 aliphatic rings. The Morgan fingerprint density at radius 1 is 1.59 bits per heavy atom. The molecule has 0 fully saturated rings. The highest BCUT2D eigenvalue weighted by molar-refractivity contribution is 5.44. The number of ether oxygens (including phenoxy) is 1. The summed E-state index contributed by atoms with van der Waals surface area (Å²) in [5.74, 6) is 0.526. The van der Waals surface area contributed by atoms with Crippen molar-refractivity contribution in [1.82, 2.24) is 20.3 Å². The summed E-state index contributed by atoms with van der Waals surface area (Å²) in [6, 6.07) is 2.35. The van der Waals surface area contributed by atoms with Gasteiger partial charge in [-0.2, -0.15) is 10.1 Å². The SMILES string of the molecule is COCC(N)c1noc(-c2ccc(=O)[nH]n2)n1. The van der Waals surface area contributed by atoms with Crippen LogP contribution in [0.5, 0.6) is 0 Å². The van der Waals surface area contributed by atoms with Crippen LogP contribution in [0.1, 0.15) is 11.9 Å². The van der Waals surface area contributed by atoms with E-state index in [-0.39, 0.29) is 18.1 Å². The van der Waals surface area contributed by atoms with Gasteiger partial charge >= 0.3 is 0 Å². The summed E-state index contributed by atoms with van der Waals surface area (Å²) in [4.78, 5) is 14.9. The zero-order valence-corrected chi connectivity index (χ0v) is 9.08. The molecule has 0 bridgehead atoms. The molecule has 0 radical (unpaired) electrons. The number of H-pyrrole nitrogens is 1. The minimum Gasteiger partial charge on any atom is -0.383 e. The van der Waals surface area contributed by atoms with Crippen LogP contribution in [-0.4, -0.2) is 34.1 Å². The van der Waals surface area contributed by atoms with Crippen LogP contribution in [0.4, 0.5) is 0 Å². The fourth-order valence-corrected chi connectivity index (χ4v) is 1.21. The first-order valence-electron chi connectivity index (χ1n) is 4.85. The molecule has 8 nitrogen and oxygen atoms in total. The van der Waals surface area contributed by atoms with E-state index in [1.54, 1.807) is 0 Å².